The number of carbonyl (C=O) groups is 1. The molecule has 2 heterocycles. The summed E-state index contributed by atoms with van der Waals surface area (Å²) >= 11 is 0. The van der Waals surface area contributed by atoms with E-state index in [1.807, 2.05) is 44.2 Å². The van der Waals surface area contributed by atoms with Gasteiger partial charge in [-0.25, -0.2) is 0 Å². The van der Waals surface area contributed by atoms with Gasteiger partial charge in [0.2, 0.25) is 0 Å². The van der Waals surface area contributed by atoms with Gasteiger partial charge in [0.1, 0.15) is 6.10 Å². The molecule has 5 rings (SSSR count). The SMILES string of the molecule is CC1(C)O[C@H]2[C@H](OCc3ccccc3)C[C@](OCc3cccc(C(F)(F)F)c3)(C(=O)NCCN3CCCC3)C[C@H]2O1. The highest BCUT2D eigenvalue weighted by atomic mass is 19.4. The largest absolute Gasteiger partial charge is 0.416 e. The van der Waals surface area contributed by atoms with E-state index in [1.165, 1.54) is 6.07 Å². The first-order valence-electron chi connectivity index (χ1n) is 14.3. The Kier molecular flexibility index (Phi) is 9.06. The Morgan fingerprint density at radius 3 is 2.46 bits per heavy atom. The second-order valence-electron chi connectivity index (χ2n) is 11.7. The Morgan fingerprint density at radius 2 is 1.73 bits per heavy atom. The summed E-state index contributed by atoms with van der Waals surface area (Å²) in [4.78, 5) is 16.2. The topological polar surface area (TPSA) is 69.3 Å². The zero-order valence-electron chi connectivity index (χ0n) is 23.6. The third kappa shape index (κ3) is 7.48. The molecule has 4 atom stereocenters. The molecule has 2 aliphatic heterocycles. The van der Waals surface area contributed by atoms with Crippen LogP contribution < -0.4 is 5.32 Å². The van der Waals surface area contributed by atoms with Crippen molar-refractivity contribution < 1.29 is 36.9 Å². The van der Waals surface area contributed by atoms with Gasteiger partial charge in [0.25, 0.3) is 5.91 Å². The van der Waals surface area contributed by atoms with Crippen molar-refractivity contribution in [3.8, 4) is 0 Å². The van der Waals surface area contributed by atoms with Crippen molar-refractivity contribution in [3.05, 3.63) is 71.3 Å². The number of fused-ring (bicyclic) bond motifs is 1. The highest BCUT2D eigenvalue weighted by molar-refractivity contribution is 5.85. The molecule has 10 heteroatoms. The highest BCUT2D eigenvalue weighted by Gasteiger charge is 2.58. The monoisotopic (exact) mass is 576 g/mol. The van der Waals surface area contributed by atoms with Crippen LogP contribution in [0.2, 0.25) is 0 Å². The fourth-order valence-corrected chi connectivity index (χ4v) is 6.04. The third-order valence-corrected chi connectivity index (χ3v) is 8.05. The molecule has 41 heavy (non-hydrogen) atoms. The lowest BCUT2D eigenvalue weighted by molar-refractivity contribution is -0.183. The minimum atomic E-state index is -4.48. The highest BCUT2D eigenvalue weighted by Crippen LogP contribution is 2.44. The van der Waals surface area contributed by atoms with Crippen LogP contribution in [0.15, 0.2) is 54.6 Å². The lowest BCUT2D eigenvalue weighted by atomic mass is 9.78. The number of hydrogen-bond donors (Lipinski definition) is 1. The van der Waals surface area contributed by atoms with E-state index in [9.17, 15) is 18.0 Å². The number of benzene rings is 2. The van der Waals surface area contributed by atoms with Crippen molar-refractivity contribution in [2.75, 3.05) is 26.2 Å². The molecule has 224 valence electrons. The van der Waals surface area contributed by atoms with Crippen LogP contribution in [0, 0.1) is 0 Å². The van der Waals surface area contributed by atoms with Gasteiger partial charge in [-0.15, -0.1) is 0 Å². The summed E-state index contributed by atoms with van der Waals surface area (Å²) in [6, 6.07) is 14.7. The predicted octanol–water partition coefficient (Wildman–Crippen LogP) is 5.07. The number of rotatable bonds is 10. The van der Waals surface area contributed by atoms with Crippen LogP contribution in [0.4, 0.5) is 13.2 Å². The lowest BCUT2D eigenvalue weighted by Crippen LogP contribution is -2.60. The van der Waals surface area contributed by atoms with Crippen molar-refractivity contribution in [3.63, 3.8) is 0 Å². The first-order chi connectivity index (χ1) is 19.5. The van der Waals surface area contributed by atoms with Gasteiger partial charge in [0.15, 0.2) is 11.4 Å². The van der Waals surface area contributed by atoms with Gasteiger partial charge in [-0.1, -0.05) is 42.5 Å². The van der Waals surface area contributed by atoms with Gasteiger partial charge in [0.05, 0.1) is 31.0 Å². The molecule has 0 aromatic heterocycles. The molecule has 3 aliphatic rings. The fourth-order valence-electron chi connectivity index (χ4n) is 6.04. The first kappa shape index (κ1) is 30.0. The first-order valence-corrected chi connectivity index (χ1v) is 14.3. The molecular formula is C31H39F3N2O5. The Morgan fingerprint density at radius 1 is 1.00 bits per heavy atom. The molecule has 2 aromatic carbocycles. The number of nitrogens with zero attached hydrogens (tertiary/aromatic N) is 1. The van der Waals surface area contributed by atoms with E-state index in [2.05, 4.69) is 10.2 Å². The minimum Gasteiger partial charge on any atom is -0.371 e. The van der Waals surface area contributed by atoms with Gasteiger partial charge < -0.3 is 29.2 Å². The third-order valence-electron chi connectivity index (χ3n) is 8.05. The summed E-state index contributed by atoms with van der Waals surface area (Å²) in [5, 5.41) is 3.05. The zero-order chi connectivity index (χ0) is 29.1. The molecule has 0 radical (unpaired) electrons. The van der Waals surface area contributed by atoms with Crippen molar-refractivity contribution in [1.29, 1.82) is 0 Å². The minimum absolute atomic E-state index is 0.170. The van der Waals surface area contributed by atoms with Crippen molar-refractivity contribution >= 4 is 5.91 Å². The molecule has 1 N–H and O–H groups in total. The average Bonchev–Trinajstić information content (AvgIpc) is 3.57. The predicted molar refractivity (Wildman–Crippen MR) is 146 cm³/mol. The molecule has 1 saturated carbocycles. The Bertz CT molecular complexity index is 1170. The molecule has 2 saturated heterocycles. The van der Waals surface area contributed by atoms with Gasteiger partial charge in [-0.2, -0.15) is 13.2 Å². The number of alkyl halides is 3. The molecule has 0 unspecified atom stereocenters. The standard InChI is InChI=1S/C31H39F3N2O5/c1-29(2)40-26-19-30(28(37)35-13-16-36-14-6-7-15-36,39-21-23-11-8-12-24(17-23)31(32,33)34)18-25(27(26)41-29)38-20-22-9-4-3-5-10-22/h3-5,8-12,17,25-27H,6-7,13-16,18-21H2,1-2H3,(H,35,37)/t25-,26-,27+,30-/m1/s1. The molecular weight excluding hydrogens is 537 g/mol. The molecule has 1 amide bonds. The Labute approximate surface area is 239 Å². The van der Waals surface area contributed by atoms with Gasteiger partial charge in [-0.05, 0) is 63.0 Å². The maximum absolute atomic E-state index is 13.9. The van der Waals surface area contributed by atoms with Crippen LogP contribution in [0.1, 0.15) is 56.2 Å². The van der Waals surface area contributed by atoms with E-state index < -0.39 is 41.4 Å². The van der Waals surface area contributed by atoms with E-state index in [-0.39, 0.29) is 25.4 Å². The summed E-state index contributed by atoms with van der Waals surface area (Å²) in [5.74, 6) is -1.20. The molecule has 1 aliphatic carbocycles. The second-order valence-corrected chi connectivity index (χ2v) is 11.7. The van der Waals surface area contributed by atoms with Crippen molar-refractivity contribution in [2.45, 2.75) is 88.6 Å². The molecule has 2 aromatic rings. The van der Waals surface area contributed by atoms with E-state index in [1.54, 1.807) is 6.07 Å². The summed E-state index contributed by atoms with van der Waals surface area (Å²) in [6.07, 6.45) is -3.27. The molecule has 0 bridgehead atoms. The van der Waals surface area contributed by atoms with Crippen LogP contribution in [-0.2, 0) is 43.1 Å². The lowest BCUT2D eigenvalue weighted by Gasteiger charge is -2.43. The summed E-state index contributed by atoms with van der Waals surface area (Å²) in [7, 11) is 0. The summed E-state index contributed by atoms with van der Waals surface area (Å²) < 4.78 is 65.3. The van der Waals surface area contributed by atoms with E-state index in [0.29, 0.717) is 18.7 Å². The number of likely N-dealkylation sites (tertiary alicyclic amines) is 1. The Balaban J connectivity index is 1.38. The smallest absolute Gasteiger partial charge is 0.371 e. The van der Waals surface area contributed by atoms with Crippen LogP contribution in [0.3, 0.4) is 0 Å². The maximum atomic E-state index is 13.9. The van der Waals surface area contributed by atoms with Crippen molar-refractivity contribution in [1.82, 2.24) is 10.2 Å². The number of ether oxygens (including phenoxy) is 4. The van der Waals surface area contributed by atoms with Crippen LogP contribution in [0.5, 0.6) is 0 Å². The van der Waals surface area contributed by atoms with E-state index in [4.69, 9.17) is 18.9 Å². The number of halogens is 3. The fraction of sp³-hybridized carbons (Fsp3) is 0.581. The van der Waals surface area contributed by atoms with Crippen LogP contribution in [-0.4, -0.2) is 66.7 Å². The molecule has 3 fully saturated rings. The van der Waals surface area contributed by atoms with Crippen molar-refractivity contribution in [2.24, 2.45) is 0 Å². The molecule has 0 spiro atoms. The summed E-state index contributed by atoms with van der Waals surface area (Å²) in [6.45, 7) is 6.96. The Hall–Kier alpha value is -2.50. The normalized spacial score (nSPS) is 28.0. The number of carbonyl (C=O) groups excluding carboxylic acids is 1. The van der Waals surface area contributed by atoms with Gasteiger partial charge in [0, 0.05) is 25.9 Å². The van der Waals surface area contributed by atoms with Crippen LogP contribution >= 0.6 is 0 Å². The number of amides is 1. The van der Waals surface area contributed by atoms with Gasteiger partial charge >= 0.3 is 6.18 Å². The quantitative estimate of drug-likeness (QED) is 0.426. The van der Waals surface area contributed by atoms with E-state index >= 15 is 0 Å². The zero-order valence-corrected chi connectivity index (χ0v) is 23.6. The van der Waals surface area contributed by atoms with E-state index in [0.717, 1.165) is 50.2 Å². The van der Waals surface area contributed by atoms with Crippen LogP contribution in [0.25, 0.3) is 0 Å². The summed E-state index contributed by atoms with van der Waals surface area (Å²) in [5.41, 5.74) is -0.842. The number of nitrogens with one attached hydrogen (secondary N) is 1. The second kappa shape index (κ2) is 12.4. The molecule has 7 nitrogen and oxygen atoms in total. The maximum Gasteiger partial charge on any atom is 0.416 e. The average molecular weight is 577 g/mol. The number of hydrogen-bond acceptors (Lipinski definition) is 6. The van der Waals surface area contributed by atoms with Gasteiger partial charge in [-0.3, -0.25) is 4.79 Å².